The van der Waals surface area contributed by atoms with E-state index >= 15 is 0 Å². The van der Waals surface area contributed by atoms with E-state index < -0.39 is 15.9 Å². The molecule has 1 saturated heterocycles. The molecule has 0 unspecified atom stereocenters. The van der Waals surface area contributed by atoms with Gasteiger partial charge in [-0.25, -0.2) is 8.42 Å². The van der Waals surface area contributed by atoms with Crippen LogP contribution in [0.5, 0.6) is 5.75 Å². The van der Waals surface area contributed by atoms with Gasteiger partial charge in [0.2, 0.25) is 5.91 Å². The van der Waals surface area contributed by atoms with Gasteiger partial charge in [0.05, 0.1) is 23.8 Å². The van der Waals surface area contributed by atoms with E-state index in [2.05, 4.69) is 10.6 Å². The summed E-state index contributed by atoms with van der Waals surface area (Å²) in [6.07, 6.45) is 0.508. The Kier molecular flexibility index (Phi) is 6.13. The van der Waals surface area contributed by atoms with Crippen molar-refractivity contribution in [1.29, 1.82) is 0 Å². The molecule has 3 rings (SSSR count). The van der Waals surface area contributed by atoms with Crippen molar-refractivity contribution >= 4 is 21.4 Å². The number of para-hydroxylation sites is 2. The van der Waals surface area contributed by atoms with Crippen molar-refractivity contribution in [1.82, 2.24) is 5.32 Å². The van der Waals surface area contributed by atoms with Gasteiger partial charge in [-0.1, -0.05) is 42.5 Å². The summed E-state index contributed by atoms with van der Waals surface area (Å²) in [6, 6.07) is 15.7. The maximum Gasteiger partial charge on any atom is 0.246 e. The summed E-state index contributed by atoms with van der Waals surface area (Å²) in [5, 5.41) is 6.14. The van der Waals surface area contributed by atoms with E-state index in [4.69, 9.17) is 4.74 Å². The van der Waals surface area contributed by atoms with E-state index in [0.29, 0.717) is 24.5 Å². The first kappa shape index (κ1) is 19.4. The van der Waals surface area contributed by atoms with Crippen molar-refractivity contribution in [3.8, 4) is 5.75 Å². The molecule has 2 N–H and O–H groups in total. The lowest BCUT2D eigenvalue weighted by Gasteiger charge is -2.23. The smallest absolute Gasteiger partial charge is 0.246 e. The molecular formula is C20H24N2O4S. The van der Waals surface area contributed by atoms with Crippen molar-refractivity contribution < 1.29 is 17.9 Å². The normalized spacial score (nSPS) is 19.4. The van der Waals surface area contributed by atoms with Crippen LogP contribution in [0.4, 0.5) is 5.69 Å². The van der Waals surface area contributed by atoms with E-state index in [1.54, 1.807) is 12.1 Å². The standard InChI is InChI=1S/C20H24N2O4S/c1-2-26-18-11-7-6-10-17(18)22-20(23)19(15-8-4-3-5-9-15)21-16-12-13-27(24,25)14-16/h3-11,16,19,21H,2,12-14H2,1H3,(H,22,23)/t16-,19+/m0/s1. The van der Waals surface area contributed by atoms with Crippen LogP contribution in [0.3, 0.4) is 0 Å². The minimum Gasteiger partial charge on any atom is -0.492 e. The van der Waals surface area contributed by atoms with Crippen LogP contribution in [0.25, 0.3) is 0 Å². The fraction of sp³-hybridized carbons (Fsp3) is 0.350. The molecule has 2 atom stereocenters. The summed E-state index contributed by atoms with van der Waals surface area (Å²) in [6.45, 7) is 2.38. The average Bonchev–Trinajstić information content (AvgIpc) is 3.01. The summed E-state index contributed by atoms with van der Waals surface area (Å²) in [5.74, 6) is 0.557. The number of anilines is 1. The predicted molar refractivity (Wildman–Crippen MR) is 106 cm³/mol. The largest absolute Gasteiger partial charge is 0.492 e. The van der Waals surface area contributed by atoms with Gasteiger partial charge in [-0.15, -0.1) is 0 Å². The molecule has 0 saturated carbocycles. The molecule has 1 heterocycles. The fourth-order valence-electron chi connectivity index (χ4n) is 3.19. The van der Waals surface area contributed by atoms with E-state index in [1.807, 2.05) is 49.4 Å². The zero-order valence-electron chi connectivity index (χ0n) is 15.2. The number of benzene rings is 2. The van der Waals surface area contributed by atoms with Crippen molar-refractivity contribution in [3.63, 3.8) is 0 Å². The van der Waals surface area contributed by atoms with Crippen LogP contribution in [-0.2, 0) is 14.6 Å². The summed E-state index contributed by atoms with van der Waals surface area (Å²) >= 11 is 0. The first-order valence-corrected chi connectivity index (χ1v) is 10.8. The molecule has 1 amide bonds. The Morgan fingerprint density at radius 2 is 1.85 bits per heavy atom. The SMILES string of the molecule is CCOc1ccccc1NC(=O)[C@H](N[C@H]1CCS(=O)(=O)C1)c1ccccc1. The topological polar surface area (TPSA) is 84.5 Å². The molecule has 0 radical (unpaired) electrons. The number of hydrogen-bond acceptors (Lipinski definition) is 5. The molecule has 1 aliphatic heterocycles. The highest BCUT2D eigenvalue weighted by atomic mass is 32.2. The Balaban J connectivity index is 1.81. The highest BCUT2D eigenvalue weighted by Crippen LogP contribution is 2.26. The lowest BCUT2D eigenvalue weighted by atomic mass is 10.0. The van der Waals surface area contributed by atoms with Crippen LogP contribution >= 0.6 is 0 Å². The Hall–Kier alpha value is -2.38. The van der Waals surface area contributed by atoms with Crippen LogP contribution in [0.15, 0.2) is 54.6 Å². The Bertz CT molecular complexity index is 884. The highest BCUT2D eigenvalue weighted by Gasteiger charge is 2.32. The molecule has 7 heteroatoms. The molecule has 27 heavy (non-hydrogen) atoms. The van der Waals surface area contributed by atoms with E-state index in [0.717, 1.165) is 5.56 Å². The van der Waals surface area contributed by atoms with Crippen molar-refractivity contribution in [2.75, 3.05) is 23.4 Å². The Labute approximate surface area is 159 Å². The zero-order valence-corrected chi connectivity index (χ0v) is 16.0. The number of nitrogens with one attached hydrogen (secondary N) is 2. The number of hydrogen-bond donors (Lipinski definition) is 2. The van der Waals surface area contributed by atoms with Gasteiger partial charge in [-0.3, -0.25) is 10.1 Å². The monoisotopic (exact) mass is 388 g/mol. The second-order valence-corrected chi connectivity index (χ2v) is 8.76. The van der Waals surface area contributed by atoms with Gasteiger partial charge in [-0.2, -0.15) is 0 Å². The molecule has 1 aliphatic rings. The molecule has 2 aromatic carbocycles. The maximum absolute atomic E-state index is 13.0. The molecule has 2 aromatic rings. The minimum atomic E-state index is -3.04. The predicted octanol–water partition coefficient (Wildman–Crippen LogP) is 2.54. The van der Waals surface area contributed by atoms with Crippen molar-refractivity contribution in [2.24, 2.45) is 0 Å². The molecule has 0 aromatic heterocycles. The van der Waals surface area contributed by atoms with Gasteiger partial charge in [0.15, 0.2) is 9.84 Å². The third-order valence-corrected chi connectivity index (χ3v) is 6.24. The van der Waals surface area contributed by atoms with E-state index in [-0.39, 0.29) is 23.5 Å². The first-order chi connectivity index (χ1) is 13.0. The summed E-state index contributed by atoms with van der Waals surface area (Å²) in [7, 11) is -3.04. The van der Waals surface area contributed by atoms with Crippen molar-refractivity contribution in [3.05, 3.63) is 60.2 Å². The number of rotatable bonds is 7. The van der Waals surface area contributed by atoms with Gasteiger partial charge in [0, 0.05) is 6.04 Å². The molecule has 6 nitrogen and oxygen atoms in total. The van der Waals surface area contributed by atoms with Crippen LogP contribution in [0.1, 0.15) is 24.9 Å². The maximum atomic E-state index is 13.0. The first-order valence-electron chi connectivity index (χ1n) is 9.02. The summed E-state index contributed by atoms with van der Waals surface area (Å²) < 4.78 is 29.1. The number of amides is 1. The van der Waals surface area contributed by atoms with Gasteiger partial charge in [-0.05, 0) is 31.0 Å². The zero-order chi connectivity index (χ0) is 19.3. The molecule has 144 valence electrons. The third kappa shape index (κ3) is 5.08. The summed E-state index contributed by atoms with van der Waals surface area (Å²) in [5.41, 5.74) is 1.37. The Morgan fingerprint density at radius 3 is 2.52 bits per heavy atom. The van der Waals surface area contributed by atoms with Crippen LogP contribution in [-0.4, -0.2) is 38.5 Å². The minimum absolute atomic E-state index is 0.0547. The molecule has 0 aliphatic carbocycles. The number of sulfone groups is 1. The molecule has 0 spiro atoms. The number of ether oxygens (including phenoxy) is 1. The van der Waals surface area contributed by atoms with Crippen LogP contribution in [0.2, 0.25) is 0 Å². The lowest BCUT2D eigenvalue weighted by molar-refractivity contribution is -0.118. The highest BCUT2D eigenvalue weighted by molar-refractivity contribution is 7.91. The van der Waals surface area contributed by atoms with E-state index in [9.17, 15) is 13.2 Å². The van der Waals surface area contributed by atoms with E-state index in [1.165, 1.54) is 0 Å². The number of carbonyl (C=O) groups is 1. The van der Waals surface area contributed by atoms with Gasteiger partial charge in [0.1, 0.15) is 11.8 Å². The van der Waals surface area contributed by atoms with Crippen LogP contribution in [0, 0.1) is 0 Å². The van der Waals surface area contributed by atoms with Gasteiger partial charge >= 0.3 is 0 Å². The quantitative estimate of drug-likeness (QED) is 0.761. The number of carbonyl (C=O) groups excluding carboxylic acids is 1. The third-order valence-electron chi connectivity index (χ3n) is 4.47. The second-order valence-electron chi connectivity index (χ2n) is 6.53. The Morgan fingerprint density at radius 1 is 1.15 bits per heavy atom. The summed E-state index contributed by atoms with van der Waals surface area (Å²) in [4.78, 5) is 13.0. The van der Waals surface area contributed by atoms with Gasteiger partial charge in [0.25, 0.3) is 0 Å². The second kappa shape index (κ2) is 8.54. The average molecular weight is 388 g/mol. The fourth-order valence-corrected chi connectivity index (χ4v) is 4.87. The van der Waals surface area contributed by atoms with Gasteiger partial charge < -0.3 is 10.1 Å². The van der Waals surface area contributed by atoms with Crippen LogP contribution < -0.4 is 15.4 Å². The molecule has 0 bridgehead atoms. The van der Waals surface area contributed by atoms with Crippen molar-refractivity contribution in [2.45, 2.75) is 25.4 Å². The lowest BCUT2D eigenvalue weighted by Crippen LogP contribution is -2.40. The molecular weight excluding hydrogens is 364 g/mol. The molecule has 1 fully saturated rings.